The van der Waals surface area contributed by atoms with Crippen molar-refractivity contribution in [1.29, 1.82) is 0 Å². The van der Waals surface area contributed by atoms with Gasteiger partial charge in [0, 0.05) is 18.1 Å². The second-order valence-corrected chi connectivity index (χ2v) is 7.02. The Kier molecular flexibility index (Phi) is 5.97. The lowest BCUT2D eigenvalue weighted by Gasteiger charge is -2.07. The molecule has 0 saturated heterocycles. The lowest BCUT2D eigenvalue weighted by Crippen LogP contribution is -2.14. The molecule has 0 spiro atoms. The van der Waals surface area contributed by atoms with Gasteiger partial charge in [-0.05, 0) is 29.9 Å². The predicted molar refractivity (Wildman–Crippen MR) is 108 cm³/mol. The van der Waals surface area contributed by atoms with Gasteiger partial charge in [0.25, 0.3) is 5.56 Å². The SMILES string of the molecule is CC(C)c1ccc(CCCC(=O)c2cc(=O)[nH]c(-c3ccccc3)n2)cc1. The minimum Gasteiger partial charge on any atom is -0.306 e. The summed E-state index contributed by atoms with van der Waals surface area (Å²) in [5.41, 5.74) is 3.24. The molecule has 27 heavy (non-hydrogen) atoms. The largest absolute Gasteiger partial charge is 0.306 e. The summed E-state index contributed by atoms with van der Waals surface area (Å²) in [6.07, 6.45) is 1.93. The number of H-pyrrole nitrogens is 1. The van der Waals surface area contributed by atoms with E-state index in [1.165, 1.54) is 17.2 Å². The minimum absolute atomic E-state index is 0.0999. The number of aryl methyl sites for hydroxylation is 1. The molecule has 0 radical (unpaired) electrons. The van der Waals surface area contributed by atoms with Crippen molar-refractivity contribution >= 4 is 5.78 Å². The molecule has 0 aliphatic rings. The van der Waals surface area contributed by atoms with Gasteiger partial charge >= 0.3 is 0 Å². The average Bonchev–Trinajstić information content (AvgIpc) is 2.68. The van der Waals surface area contributed by atoms with Gasteiger partial charge in [-0.2, -0.15) is 0 Å². The van der Waals surface area contributed by atoms with Crippen molar-refractivity contribution in [3.63, 3.8) is 0 Å². The fourth-order valence-electron chi connectivity index (χ4n) is 2.98. The first-order valence-corrected chi connectivity index (χ1v) is 9.32. The van der Waals surface area contributed by atoms with E-state index in [9.17, 15) is 9.59 Å². The summed E-state index contributed by atoms with van der Waals surface area (Å²) in [7, 11) is 0. The van der Waals surface area contributed by atoms with Crippen LogP contribution in [0.4, 0.5) is 0 Å². The van der Waals surface area contributed by atoms with E-state index in [2.05, 4.69) is 48.1 Å². The number of rotatable bonds is 7. The zero-order valence-corrected chi connectivity index (χ0v) is 15.7. The van der Waals surface area contributed by atoms with E-state index in [0.29, 0.717) is 18.2 Å². The standard InChI is InChI=1S/C23H24N2O2/c1-16(2)18-13-11-17(12-14-18)7-6-10-21(26)20-15-22(27)25-23(24-20)19-8-4-3-5-9-19/h3-5,8-9,11-16H,6-7,10H2,1-2H3,(H,24,25,27). The topological polar surface area (TPSA) is 62.8 Å². The van der Waals surface area contributed by atoms with Gasteiger partial charge in [0.2, 0.25) is 0 Å². The minimum atomic E-state index is -0.309. The highest BCUT2D eigenvalue weighted by atomic mass is 16.1. The van der Waals surface area contributed by atoms with Gasteiger partial charge < -0.3 is 4.98 Å². The number of aromatic nitrogens is 2. The third kappa shape index (κ3) is 5.00. The molecule has 4 nitrogen and oxygen atoms in total. The summed E-state index contributed by atoms with van der Waals surface area (Å²) in [6, 6.07) is 19.2. The van der Waals surface area contributed by atoms with Crippen molar-refractivity contribution < 1.29 is 4.79 Å². The first kappa shape index (κ1) is 18.8. The monoisotopic (exact) mass is 360 g/mol. The van der Waals surface area contributed by atoms with Crippen LogP contribution in [-0.4, -0.2) is 15.8 Å². The molecule has 0 saturated carbocycles. The fraction of sp³-hybridized carbons (Fsp3) is 0.261. The molecule has 0 amide bonds. The van der Waals surface area contributed by atoms with Crippen molar-refractivity contribution in [1.82, 2.24) is 9.97 Å². The Balaban J connectivity index is 1.64. The predicted octanol–water partition coefficient (Wildman–Crippen LogP) is 4.77. The highest BCUT2D eigenvalue weighted by Crippen LogP contribution is 2.17. The molecule has 1 heterocycles. The summed E-state index contributed by atoms with van der Waals surface area (Å²) in [6.45, 7) is 4.35. The number of nitrogens with one attached hydrogen (secondary N) is 1. The van der Waals surface area contributed by atoms with E-state index in [0.717, 1.165) is 18.4 Å². The van der Waals surface area contributed by atoms with Crippen molar-refractivity contribution in [2.24, 2.45) is 0 Å². The number of hydrogen-bond acceptors (Lipinski definition) is 3. The van der Waals surface area contributed by atoms with E-state index >= 15 is 0 Å². The first-order valence-electron chi connectivity index (χ1n) is 9.32. The number of benzene rings is 2. The molecule has 138 valence electrons. The van der Waals surface area contributed by atoms with Crippen molar-refractivity contribution in [2.75, 3.05) is 0 Å². The van der Waals surface area contributed by atoms with Gasteiger partial charge in [0.1, 0.15) is 11.5 Å². The Labute approximate surface area is 159 Å². The fourth-order valence-corrected chi connectivity index (χ4v) is 2.98. The molecule has 3 aromatic rings. The molecular weight excluding hydrogens is 336 g/mol. The van der Waals surface area contributed by atoms with Crippen LogP contribution in [0, 0.1) is 0 Å². The zero-order chi connectivity index (χ0) is 19.2. The molecule has 3 rings (SSSR count). The summed E-state index contributed by atoms with van der Waals surface area (Å²) < 4.78 is 0. The van der Waals surface area contributed by atoms with E-state index < -0.39 is 0 Å². The summed E-state index contributed by atoms with van der Waals surface area (Å²) >= 11 is 0. The lowest BCUT2D eigenvalue weighted by atomic mass is 9.99. The number of aromatic amines is 1. The second kappa shape index (κ2) is 8.58. The number of Topliss-reactive ketones (excluding diaryl/α,β-unsaturated/α-hetero) is 1. The maximum absolute atomic E-state index is 12.5. The Morgan fingerprint density at radius 3 is 2.41 bits per heavy atom. The van der Waals surface area contributed by atoms with Crippen LogP contribution in [0.3, 0.4) is 0 Å². The summed E-state index contributed by atoms with van der Waals surface area (Å²) in [5.74, 6) is 0.842. The Bertz CT molecular complexity index is 958. The third-order valence-electron chi connectivity index (χ3n) is 4.59. The normalized spacial score (nSPS) is 10.9. The molecule has 2 aromatic carbocycles. The molecule has 0 bridgehead atoms. The van der Waals surface area contributed by atoms with Crippen LogP contribution in [0.15, 0.2) is 65.5 Å². The van der Waals surface area contributed by atoms with Crippen molar-refractivity contribution in [3.8, 4) is 11.4 Å². The summed E-state index contributed by atoms with van der Waals surface area (Å²) in [4.78, 5) is 31.5. The zero-order valence-electron chi connectivity index (χ0n) is 15.7. The molecule has 0 aliphatic carbocycles. The summed E-state index contributed by atoms with van der Waals surface area (Å²) in [5, 5.41) is 0. The smallest absolute Gasteiger partial charge is 0.251 e. The molecule has 1 aromatic heterocycles. The van der Waals surface area contributed by atoms with E-state index in [4.69, 9.17) is 0 Å². The molecule has 4 heteroatoms. The molecule has 0 unspecified atom stereocenters. The van der Waals surface area contributed by atoms with E-state index in [1.54, 1.807) is 0 Å². The second-order valence-electron chi connectivity index (χ2n) is 7.02. The van der Waals surface area contributed by atoms with E-state index in [-0.39, 0.29) is 17.0 Å². The maximum Gasteiger partial charge on any atom is 0.251 e. The average molecular weight is 360 g/mol. The number of nitrogens with zero attached hydrogens (tertiary/aromatic N) is 1. The Morgan fingerprint density at radius 1 is 1.04 bits per heavy atom. The van der Waals surface area contributed by atoms with Gasteiger partial charge in [-0.15, -0.1) is 0 Å². The maximum atomic E-state index is 12.5. The number of carbonyl (C=O) groups excluding carboxylic acids is 1. The van der Waals surface area contributed by atoms with E-state index in [1.807, 2.05) is 30.3 Å². The highest BCUT2D eigenvalue weighted by Gasteiger charge is 2.11. The van der Waals surface area contributed by atoms with Gasteiger partial charge in [0.15, 0.2) is 5.78 Å². The van der Waals surface area contributed by atoms with Gasteiger partial charge in [-0.25, -0.2) is 4.98 Å². The third-order valence-corrected chi connectivity index (χ3v) is 4.59. The van der Waals surface area contributed by atoms with Crippen LogP contribution in [0.1, 0.15) is 54.2 Å². The van der Waals surface area contributed by atoms with Gasteiger partial charge in [-0.1, -0.05) is 68.4 Å². The lowest BCUT2D eigenvalue weighted by molar-refractivity contribution is 0.0975. The van der Waals surface area contributed by atoms with Crippen molar-refractivity contribution in [3.05, 3.63) is 87.8 Å². The van der Waals surface area contributed by atoms with Crippen LogP contribution in [0.5, 0.6) is 0 Å². The Hall–Kier alpha value is -3.01. The number of carbonyl (C=O) groups is 1. The quantitative estimate of drug-likeness (QED) is 0.618. The van der Waals surface area contributed by atoms with Crippen LogP contribution in [0.25, 0.3) is 11.4 Å². The number of ketones is 1. The van der Waals surface area contributed by atoms with Crippen molar-refractivity contribution in [2.45, 2.75) is 39.0 Å². The molecule has 1 N–H and O–H groups in total. The molecule has 0 aliphatic heterocycles. The molecule has 0 fully saturated rings. The van der Waals surface area contributed by atoms with Crippen LogP contribution < -0.4 is 5.56 Å². The highest BCUT2D eigenvalue weighted by molar-refractivity contribution is 5.94. The van der Waals surface area contributed by atoms with Crippen LogP contribution in [0.2, 0.25) is 0 Å². The van der Waals surface area contributed by atoms with Crippen LogP contribution in [-0.2, 0) is 6.42 Å². The molecular formula is C23H24N2O2. The number of hydrogen-bond donors (Lipinski definition) is 1. The van der Waals surface area contributed by atoms with Crippen LogP contribution >= 0.6 is 0 Å². The van der Waals surface area contributed by atoms with Gasteiger partial charge in [0.05, 0.1) is 0 Å². The Morgan fingerprint density at radius 2 is 1.74 bits per heavy atom. The van der Waals surface area contributed by atoms with Gasteiger partial charge in [-0.3, -0.25) is 9.59 Å². The first-order chi connectivity index (χ1) is 13.0. The molecule has 0 atom stereocenters.